The van der Waals surface area contributed by atoms with Gasteiger partial charge in [0, 0.05) is 19.0 Å². The molecule has 0 aromatic heterocycles. The quantitative estimate of drug-likeness (QED) is 0.105. The second-order valence-corrected chi connectivity index (χ2v) is 13.7. The Balaban J connectivity index is 1.23. The minimum Gasteiger partial charge on any atom is -0.497 e. The van der Waals surface area contributed by atoms with E-state index in [0.717, 1.165) is 24.5 Å². The molecule has 6 rings (SSSR count). The monoisotopic (exact) mass is 749 g/mol. The number of carbonyl (C=O) groups is 3. The van der Waals surface area contributed by atoms with Crippen LogP contribution in [0.1, 0.15) is 49.7 Å². The number of halogens is 3. The van der Waals surface area contributed by atoms with E-state index in [9.17, 15) is 37.8 Å². The van der Waals surface area contributed by atoms with Crippen LogP contribution in [0.2, 0.25) is 0 Å². The fraction of sp³-hybridized carbons (Fsp3) is 0.425. The number of benzene rings is 3. The number of aryl methyl sites for hydroxylation is 1. The minimum absolute atomic E-state index is 0.0508. The van der Waals surface area contributed by atoms with Gasteiger partial charge in [-0.3, -0.25) is 19.7 Å². The maximum atomic E-state index is 14.9. The Morgan fingerprint density at radius 2 is 1.67 bits per heavy atom. The number of carboxylic acid groups (broad SMARTS) is 1. The van der Waals surface area contributed by atoms with Crippen molar-refractivity contribution in [2.24, 2.45) is 0 Å². The number of rotatable bonds is 17. The molecule has 1 saturated heterocycles. The molecule has 3 aromatic carbocycles. The zero-order chi connectivity index (χ0) is 38.4. The van der Waals surface area contributed by atoms with Crippen molar-refractivity contribution in [2.45, 2.75) is 74.7 Å². The standard InChI is InChI=1S/C40H42F3N3O8/c1-52-30-12-14-31(15-13-30)53-21-19-45(28-10-11-28)39(51)38-40(18-2-5-27(44-40)24-46(38)34(48)22-29(47)23-35(49)50)26-8-6-25(7-9-26)4-3-20-54-37-33(42)17-16-32(41)36(37)43/h6-9,12-17,27-29,38,44,47H,3-4,10-11,18-24H2,1H3,(H,49,50)/t27-,29+,38-,40+/m0/s1. The number of piperazine rings is 1. The van der Waals surface area contributed by atoms with E-state index in [1.54, 1.807) is 36.3 Å². The first kappa shape index (κ1) is 38.5. The molecular weight excluding hydrogens is 707 g/mol. The van der Waals surface area contributed by atoms with Gasteiger partial charge >= 0.3 is 5.97 Å². The lowest BCUT2D eigenvalue weighted by atomic mass is 9.73. The van der Waals surface area contributed by atoms with Gasteiger partial charge in [0.2, 0.25) is 17.6 Å². The first-order valence-corrected chi connectivity index (χ1v) is 17.9. The van der Waals surface area contributed by atoms with Crippen LogP contribution in [-0.4, -0.2) is 95.4 Å². The number of nitrogens with one attached hydrogen (secondary N) is 1. The molecule has 0 unspecified atom stereocenters. The molecule has 1 saturated carbocycles. The number of fused-ring (bicyclic) bond motifs is 2. The summed E-state index contributed by atoms with van der Waals surface area (Å²) >= 11 is 0. The fourth-order valence-electron chi connectivity index (χ4n) is 7.08. The smallest absolute Gasteiger partial charge is 0.305 e. The highest BCUT2D eigenvalue weighted by Crippen LogP contribution is 2.40. The second-order valence-electron chi connectivity index (χ2n) is 13.7. The molecule has 4 atom stereocenters. The number of carbonyl (C=O) groups excluding carboxylic acids is 2. The summed E-state index contributed by atoms with van der Waals surface area (Å²) in [7, 11) is 1.57. The van der Waals surface area contributed by atoms with Gasteiger partial charge in [-0.15, -0.1) is 0 Å². The Morgan fingerprint density at radius 1 is 0.963 bits per heavy atom. The Morgan fingerprint density at radius 3 is 2.35 bits per heavy atom. The SMILES string of the molecule is COc1ccc(OCCN(C(=O)[C@@H]2N(C(=O)C[C@@H](O)CC(=O)O)C[C@@H]3C#CC[C@]2(c2ccc(CCCOc4c(F)ccc(F)c4F)cc2)N3)C2CC2)cc1. The number of hydrogen-bond acceptors (Lipinski definition) is 8. The molecule has 0 spiro atoms. The number of hydrogen-bond donors (Lipinski definition) is 3. The Bertz CT molecular complexity index is 1900. The summed E-state index contributed by atoms with van der Waals surface area (Å²) < 4.78 is 58.0. The van der Waals surface area contributed by atoms with Crippen LogP contribution in [0.15, 0.2) is 60.7 Å². The first-order chi connectivity index (χ1) is 26.0. The van der Waals surface area contributed by atoms with Crippen molar-refractivity contribution in [2.75, 3.05) is 33.4 Å². The zero-order valence-electron chi connectivity index (χ0n) is 29.7. The largest absolute Gasteiger partial charge is 0.497 e. The van der Waals surface area contributed by atoms with E-state index < -0.39 is 71.6 Å². The normalized spacial score (nSPS) is 20.6. The van der Waals surface area contributed by atoms with E-state index in [1.807, 2.05) is 24.3 Å². The van der Waals surface area contributed by atoms with Gasteiger partial charge < -0.3 is 34.2 Å². The molecule has 54 heavy (non-hydrogen) atoms. The number of amides is 2. The van der Waals surface area contributed by atoms with E-state index in [2.05, 4.69) is 17.2 Å². The van der Waals surface area contributed by atoms with Gasteiger partial charge in [0.1, 0.15) is 24.1 Å². The maximum absolute atomic E-state index is 14.9. The predicted octanol–water partition coefficient (Wildman–Crippen LogP) is 4.19. The number of nitrogens with zero attached hydrogens (tertiary/aromatic N) is 2. The highest BCUT2D eigenvalue weighted by atomic mass is 19.2. The van der Waals surface area contributed by atoms with E-state index in [-0.39, 0.29) is 44.7 Å². The van der Waals surface area contributed by atoms with Crippen molar-refractivity contribution in [3.8, 4) is 29.1 Å². The van der Waals surface area contributed by atoms with Gasteiger partial charge in [-0.25, -0.2) is 8.78 Å². The number of ether oxygens (including phenoxy) is 3. The predicted molar refractivity (Wildman–Crippen MR) is 189 cm³/mol. The highest BCUT2D eigenvalue weighted by molar-refractivity contribution is 5.91. The molecular formula is C40H42F3N3O8. The summed E-state index contributed by atoms with van der Waals surface area (Å²) in [6.07, 6.45) is 0.0130. The van der Waals surface area contributed by atoms with Crippen molar-refractivity contribution in [1.82, 2.24) is 15.1 Å². The molecule has 2 bridgehead atoms. The second kappa shape index (κ2) is 16.8. The maximum Gasteiger partial charge on any atom is 0.305 e. The number of aliphatic hydroxyl groups is 1. The third-order valence-corrected chi connectivity index (χ3v) is 9.87. The lowest BCUT2D eigenvalue weighted by molar-refractivity contribution is -0.156. The Hall–Kier alpha value is -5.26. The van der Waals surface area contributed by atoms with Crippen LogP contribution in [0.3, 0.4) is 0 Å². The number of aliphatic hydroxyl groups excluding tert-OH is 1. The van der Waals surface area contributed by atoms with Gasteiger partial charge in [-0.2, -0.15) is 4.39 Å². The molecule has 2 aliphatic heterocycles. The summed E-state index contributed by atoms with van der Waals surface area (Å²) in [6.45, 7) is 0.412. The van der Waals surface area contributed by atoms with Crippen molar-refractivity contribution in [3.63, 3.8) is 0 Å². The van der Waals surface area contributed by atoms with Crippen molar-refractivity contribution in [3.05, 3.63) is 89.2 Å². The summed E-state index contributed by atoms with van der Waals surface area (Å²) in [5.74, 6) is 1.11. The zero-order valence-corrected chi connectivity index (χ0v) is 29.7. The molecule has 2 amide bonds. The average Bonchev–Trinajstić information content (AvgIpc) is 4.00. The molecule has 0 radical (unpaired) electrons. The van der Waals surface area contributed by atoms with Crippen molar-refractivity contribution < 1.29 is 52.0 Å². The van der Waals surface area contributed by atoms with Crippen LogP contribution < -0.4 is 19.5 Å². The van der Waals surface area contributed by atoms with Gasteiger partial charge in [-0.1, -0.05) is 36.1 Å². The molecule has 286 valence electrons. The van der Waals surface area contributed by atoms with Crippen LogP contribution in [0.25, 0.3) is 0 Å². The molecule has 11 nitrogen and oxygen atoms in total. The number of methoxy groups -OCH3 is 1. The molecule has 2 heterocycles. The van der Waals surface area contributed by atoms with Gasteiger partial charge in [0.05, 0.1) is 50.8 Å². The van der Waals surface area contributed by atoms with E-state index in [4.69, 9.17) is 14.2 Å². The summed E-state index contributed by atoms with van der Waals surface area (Å²) in [5, 5.41) is 23.3. The summed E-state index contributed by atoms with van der Waals surface area (Å²) in [4.78, 5) is 43.4. The van der Waals surface area contributed by atoms with Gasteiger partial charge in [0.15, 0.2) is 17.4 Å². The molecule has 3 aromatic rings. The van der Waals surface area contributed by atoms with Crippen LogP contribution in [0.4, 0.5) is 13.2 Å². The van der Waals surface area contributed by atoms with Crippen LogP contribution in [0.5, 0.6) is 17.2 Å². The molecule has 14 heteroatoms. The topological polar surface area (TPSA) is 138 Å². The summed E-state index contributed by atoms with van der Waals surface area (Å²) in [6, 6.07) is 14.3. The fourth-order valence-corrected chi connectivity index (χ4v) is 7.08. The van der Waals surface area contributed by atoms with E-state index >= 15 is 0 Å². The average molecular weight is 750 g/mol. The van der Waals surface area contributed by atoms with Crippen molar-refractivity contribution >= 4 is 17.8 Å². The Labute approximate surface area is 311 Å². The number of carboxylic acids is 1. The molecule has 3 N–H and O–H groups in total. The third kappa shape index (κ3) is 8.75. The molecule has 1 aliphatic carbocycles. The summed E-state index contributed by atoms with van der Waals surface area (Å²) in [5.41, 5.74) is 0.394. The van der Waals surface area contributed by atoms with Gasteiger partial charge in [-0.05, 0) is 73.2 Å². The van der Waals surface area contributed by atoms with Crippen LogP contribution in [0, 0.1) is 29.3 Å². The lowest BCUT2D eigenvalue weighted by Crippen LogP contribution is -2.74. The molecule has 2 fully saturated rings. The highest BCUT2D eigenvalue weighted by Gasteiger charge is 2.56. The number of aliphatic carboxylic acids is 1. The minimum atomic E-state index is -1.45. The first-order valence-electron chi connectivity index (χ1n) is 17.9. The van der Waals surface area contributed by atoms with E-state index in [1.165, 1.54) is 4.90 Å². The van der Waals surface area contributed by atoms with Crippen LogP contribution in [-0.2, 0) is 26.3 Å². The van der Waals surface area contributed by atoms with Crippen molar-refractivity contribution in [1.29, 1.82) is 0 Å². The Kier molecular flexibility index (Phi) is 12.0. The molecule has 3 aliphatic rings. The van der Waals surface area contributed by atoms with Crippen LogP contribution >= 0.6 is 0 Å². The third-order valence-electron chi connectivity index (χ3n) is 9.87. The van der Waals surface area contributed by atoms with E-state index in [0.29, 0.717) is 36.0 Å². The van der Waals surface area contributed by atoms with Gasteiger partial charge in [0.25, 0.3) is 0 Å². The lowest BCUT2D eigenvalue weighted by Gasteiger charge is -2.53.